The van der Waals surface area contributed by atoms with Crippen LogP contribution in [0.3, 0.4) is 0 Å². The molecule has 3 rings (SSSR count). The first kappa shape index (κ1) is 21.4. The van der Waals surface area contributed by atoms with Crippen LogP contribution in [0.15, 0.2) is 65.3 Å². The van der Waals surface area contributed by atoms with Gasteiger partial charge in [-0.15, -0.1) is 0 Å². The number of amides is 1. The number of aryl methyl sites for hydroxylation is 1. The smallest absolute Gasteiger partial charge is 0.252 e. The van der Waals surface area contributed by atoms with E-state index in [-0.39, 0.29) is 11.9 Å². The summed E-state index contributed by atoms with van der Waals surface area (Å²) in [7, 11) is 1.69. The fourth-order valence-electron chi connectivity index (χ4n) is 3.58. The summed E-state index contributed by atoms with van der Waals surface area (Å²) in [5.41, 5.74) is 4.70. The molecule has 1 N–H and O–H groups in total. The lowest BCUT2D eigenvalue weighted by Gasteiger charge is -2.21. The fourth-order valence-corrected chi connectivity index (χ4v) is 3.58. The Kier molecular flexibility index (Phi) is 6.78. The van der Waals surface area contributed by atoms with E-state index in [0.29, 0.717) is 17.3 Å². The molecule has 1 amide bonds. The van der Waals surface area contributed by atoms with Crippen molar-refractivity contribution < 1.29 is 13.9 Å². The van der Waals surface area contributed by atoms with E-state index in [1.807, 2.05) is 62.4 Å². The first-order valence-electron chi connectivity index (χ1n) is 10.2. The number of furan rings is 1. The summed E-state index contributed by atoms with van der Waals surface area (Å²) in [5, 5.41) is 3.16. The number of hydrogen-bond acceptors (Lipinski definition) is 3. The summed E-state index contributed by atoms with van der Waals surface area (Å²) >= 11 is 0. The van der Waals surface area contributed by atoms with Gasteiger partial charge in [-0.05, 0) is 72.4 Å². The van der Waals surface area contributed by atoms with Crippen molar-refractivity contribution in [3.63, 3.8) is 0 Å². The van der Waals surface area contributed by atoms with Crippen LogP contribution < -0.4 is 10.1 Å². The second-order valence-electron chi connectivity index (χ2n) is 7.74. The van der Waals surface area contributed by atoms with Gasteiger partial charge in [-0.2, -0.15) is 0 Å². The quantitative estimate of drug-likeness (QED) is 0.482. The molecule has 1 atom stereocenters. The Bertz CT molecular complexity index is 1020. The van der Waals surface area contributed by atoms with Gasteiger partial charge >= 0.3 is 0 Å². The van der Waals surface area contributed by atoms with Crippen molar-refractivity contribution in [1.82, 2.24) is 5.32 Å². The van der Waals surface area contributed by atoms with Gasteiger partial charge in [-0.3, -0.25) is 4.79 Å². The number of nitrogens with one attached hydrogen (secondary N) is 1. The van der Waals surface area contributed by atoms with Crippen LogP contribution in [0.1, 0.15) is 60.7 Å². The maximum Gasteiger partial charge on any atom is 0.252 e. The average Bonchev–Trinajstić information content (AvgIpc) is 3.25. The number of carbonyl (C=O) groups is 1. The molecule has 0 aliphatic rings. The minimum Gasteiger partial charge on any atom is -0.496 e. The summed E-state index contributed by atoms with van der Waals surface area (Å²) in [4.78, 5) is 13.3. The number of ether oxygens (including phenoxy) is 1. The molecule has 0 saturated carbocycles. The van der Waals surface area contributed by atoms with E-state index in [1.54, 1.807) is 19.4 Å². The highest BCUT2D eigenvalue weighted by Gasteiger charge is 2.19. The Labute approximate surface area is 178 Å². The Hall–Kier alpha value is -3.27. The largest absolute Gasteiger partial charge is 0.496 e. The highest BCUT2D eigenvalue weighted by molar-refractivity contribution is 6.24. The molecular weight excluding hydrogens is 374 g/mol. The topological polar surface area (TPSA) is 51.5 Å². The third-order valence-electron chi connectivity index (χ3n) is 5.21. The van der Waals surface area contributed by atoms with E-state index in [9.17, 15) is 4.79 Å². The third kappa shape index (κ3) is 4.82. The van der Waals surface area contributed by atoms with Crippen LogP contribution in [0.2, 0.25) is 0 Å². The minimum absolute atomic E-state index is 0.147. The monoisotopic (exact) mass is 403 g/mol. The summed E-state index contributed by atoms with van der Waals surface area (Å²) in [5.74, 6) is 1.69. The zero-order valence-electron chi connectivity index (χ0n) is 18.2. The Balaban J connectivity index is 1.92. The average molecular weight is 404 g/mol. The van der Waals surface area contributed by atoms with E-state index < -0.39 is 0 Å². The molecule has 0 fully saturated rings. The molecule has 0 bridgehead atoms. The lowest BCUT2D eigenvalue weighted by Crippen LogP contribution is -2.28. The van der Waals surface area contributed by atoms with Crippen LogP contribution in [0, 0.1) is 6.92 Å². The summed E-state index contributed by atoms with van der Waals surface area (Å²) in [6.07, 6.45) is 3.38. The van der Waals surface area contributed by atoms with Gasteiger partial charge in [-0.1, -0.05) is 44.2 Å². The van der Waals surface area contributed by atoms with Crippen LogP contribution in [0.5, 0.6) is 5.75 Å². The van der Waals surface area contributed by atoms with Crippen molar-refractivity contribution in [3.8, 4) is 5.75 Å². The molecule has 3 aromatic rings. The van der Waals surface area contributed by atoms with Gasteiger partial charge in [0, 0.05) is 0 Å². The second-order valence-corrected chi connectivity index (χ2v) is 7.74. The first-order valence-corrected chi connectivity index (χ1v) is 10.2. The molecule has 1 heterocycles. The molecule has 0 radical (unpaired) electrons. The highest BCUT2D eigenvalue weighted by atomic mass is 16.5. The predicted molar refractivity (Wildman–Crippen MR) is 121 cm³/mol. The van der Waals surface area contributed by atoms with Crippen molar-refractivity contribution in [1.29, 1.82) is 0 Å². The van der Waals surface area contributed by atoms with E-state index in [1.165, 1.54) is 0 Å². The third-order valence-corrected chi connectivity index (χ3v) is 5.21. The van der Waals surface area contributed by atoms with Gasteiger partial charge in [0.25, 0.3) is 5.91 Å². The van der Waals surface area contributed by atoms with Crippen LogP contribution in [-0.4, -0.2) is 13.0 Å². The zero-order valence-corrected chi connectivity index (χ0v) is 18.2. The van der Waals surface area contributed by atoms with E-state index in [0.717, 1.165) is 28.0 Å². The molecule has 1 aromatic heterocycles. The molecular formula is C26H29NO3. The lowest BCUT2D eigenvalue weighted by molar-refractivity contribution is -0.116. The molecule has 0 unspecified atom stereocenters. The van der Waals surface area contributed by atoms with Crippen molar-refractivity contribution in [2.75, 3.05) is 7.11 Å². The summed E-state index contributed by atoms with van der Waals surface area (Å²) < 4.78 is 11.0. The molecule has 4 heteroatoms. The van der Waals surface area contributed by atoms with Crippen molar-refractivity contribution in [2.45, 2.75) is 39.7 Å². The van der Waals surface area contributed by atoms with Crippen LogP contribution in [0.4, 0.5) is 0 Å². The molecule has 2 aromatic carbocycles. The van der Waals surface area contributed by atoms with E-state index >= 15 is 0 Å². The van der Waals surface area contributed by atoms with Crippen molar-refractivity contribution >= 4 is 17.6 Å². The molecule has 0 spiro atoms. The predicted octanol–water partition coefficient (Wildman–Crippen LogP) is 6.14. The molecule has 0 saturated heterocycles. The fraction of sp³-hybridized carbons (Fsp3) is 0.269. The Morgan fingerprint density at radius 1 is 1.03 bits per heavy atom. The lowest BCUT2D eigenvalue weighted by atomic mass is 9.93. The first-order chi connectivity index (χ1) is 14.4. The molecule has 156 valence electrons. The van der Waals surface area contributed by atoms with Crippen LogP contribution >= 0.6 is 0 Å². The minimum atomic E-state index is -0.162. The van der Waals surface area contributed by atoms with E-state index in [4.69, 9.17) is 9.15 Å². The molecule has 0 aliphatic carbocycles. The standard InChI is InChI=1S/C26H29NO3/c1-17(2)22-16-23(18(3)14-25(22)29-5)19(4)27-26(28)24(15-21-12-9-13-30-21)20-10-7-6-8-11-20/h6-17,19H,1-5H3,(H,27,28)/b24-15+/t19-/m0/s1. The normalized spacial score (nSPS) is 12.7. The van der Waals surface area contributed by atoms with Crippen LogP contribution in [-0.2, 0) is 4.79 Å². The highest BCUT2D eigenvalue weighted by Crippen LogP contribution is 2.32. The maximum absolute atomic E-state index is 13.3. The van der Waals surface area contributed by atoms with Gasteiger partial charge in [0.2, 0.25) is 0 Å². The number of hydrogen-bond donors (Lipinski definition) is 1. The molecule has 0 aliphatic heterocycles. The number of carbonyl (C=O) groups excluding carboxylic acids is 1. The van der Waals surface area contributed by atoms with Gasteiger partial charge in [-0.25, -0.2) is 0 Å². The summed E-state index contributed by atoms with van der Waals surface area (Å²) in [6.45, 7) is 8.33. The number of methoxy groups -OCH3 is 1. The number of rotatable bonds is 7. The van der Waals surface area contributed by atoms with Gasteiger partial charge in [0.1, 0.15) is 11.5 Å². The van der Waals surface area contributed by atoms with E-state index in [2.05, 4.69) is 25.2 Å². The maximum atomic E-state index is 13.3. The molecule has 4 nitrogen and oxygen atoms in total. The van der Waals surface area contributed by atoms with Crippen molar-refractivity contribution in [2.24, 2.45) is 0 Å². The Morgan fingerprint density at radius 2 is 1.77 bits per heavy atom. The van der Waals surface area contributed by atoms with Crippen molar-refractivity contribution in [3.05, 3.63) is 88.9 Å². The zero-order chi connectivity index (χ0) is 21.7. The second kappa shape index (κ2) is 9.49. The SMILES string of the molecule is COc1cc(C)c([C@H](C)NC(=O)/C(=C/c2ccco2)c2ccccc2)cc1C(C)C. The van der Waals surface area contributed by atoms with Gasteiger partial charge in [0.15, 0.2) is 0 Å². The Morgan fingerprint density at radius 3 is 2.37 bits per heavy atom. The van der Waals surface area contributed by atoms with Gasteiger partial charge < -0.3 is 14.5 Å². The molecule has 30 heavy (non-hydrogen) atoms. The van der Waals surface area contributed by atoms with Crippen LogP contribution in [0.25, 0.3) is 11.6 Å². The summed E-state index contributed by atoms with van der Waals surface area (Å²) in [6, 6.07) is 17.3. The van der Waals surface area contributed by atoms with Gasteiger partial charge in [0.05, 0.1) is 25.0 Å². The number of benzene rings is 2.